The summed E-state index contributed by atoms with van der Waals surface area (Å²) in [6, 6.07) is 0. The quantitative estimate of drug-likeness (QED) is 0.701. The van der Waals surface area contributed by atoms with E-state index >= 15 is 0 Å². The lowest BCUT2D eigenvalue weighted by Crippen LogP contribution is -2.41. The lowest BCUT2D eigenvalue weighted by Gasteiger charge is -2.24. The number of methoxy groups -OCH3 is 1. The molecule has 1 saturated carbocycles. The van der Waals surface area contributed by atoms with Crippen molar-refractivity contribution in [3.05, 3.63) is 12.2 Å². The Morgan fingerprint density at radius 1 is 1.37 bits per heavy atom. The molecule has 0 spiro atoms. The van der Waals surface area contributed by atoms with Crippen molar-refractivity contribution >= 4 is 11.9 Å². The molecule has 106 valence electrons. The van der Waals surface area contributed by atoms with Crippen LogP contribution in [-0.4, -0.2) is 37.2 Å². The number of carboxylic acid groups (broad SMARTS) is 1. The molecule has 0 heterocycles. The zero-order chi connectivity index (χ0) is 14.0. The average molecular weight is 267 g/mol. The Balaban J connectivity index is 1.95. The van der Waals surface area contributed by atoms with Crippen LogP contribution in [0.2, 0.25) is 0 Å². The molecule has 5 unspecified atom stereocenters. The maximum Gasteiger partial charge on any atom is 0.307 e. The molecule has 1 amide bonds. The van der Waals surface area contributed by atoms with E-state index in [0.717, 1.165) is 6.42 Å². The fourth-order valence-electron chi connectivity index (χ4n) is 3.25. The van der Waals surface area contributed by atoms with Crippen LogP contribution in [0.15, 0.2) is 12.2 Å². The molecule has 2 N–H and O–H groups in total. The van der Waals surface area contributed by atoms with Gasteiger partial charge >= 0.3 is 5.97 Å². The maximum absolute atomic E-state index is 12.2. The van der Waals surface area contributed by atoms with Crippen molar-refractivity contribution in [1.29, 1.82) is 0 Å². The van der Waals surface area contributed by atoms with Gasteiger partial charge in [-0.3, -0.25) is 9.59 Å². The van der Waals surface area contributed by atoms with Crippen molar-refractivity contribution < 1.29 is 19.4 Å². The molecule has 0 aromatic carbocycles. The van der Waals surface area contributed by atoms with E-state index in [1.54, 1.807) is 7.11 Å². The Labute approximate surface area is 113 Å². The van der Waals surface area contributed by atoms with Gasteiger partial charge in [0.05, 0.1) is 18.4 Å². The molecule has 0 aromatic rings. The molecule has 5 atom stereocenters. The summed E-state index contributed by atoms with van der Waals surface area (Å²) < 4.78 is 5.01. The topological polar surface area (TPSA) is 75.6 Å². The van der Waals surface area contributed by atoms with Crippen LogP contribution in [-0.2, 0) is 14.3 Å². The zero-order valence-corrected chi connectivity index (χ0v) is 11.3. The van der Waals surface area contributed by atoms with Crippen molar-refractivity contribution in [1.82, 2.24) is 5.32 Å². The first-order valence-electron chi connectivity index (χ1n) is 6.72. The second-order valence-corrected chi connectivity index (χ2v) is 5.64. The van der Waals surface area contributed by atoms with Gasteiger partial charge in [-0.25, -0.2) is 0 Å². The summed E-state index contributed by atoms with van der Waals surface area (Å²) in [6.07, 6.45) is 4.73. The van der Waals surface area contributed by atoms with E-state index in [1.807, 2.05) is 19.1 Å². The van der Waals surface area contributed by atoms with Crippen LogP contribution in [0.3, 0.4) is 0 Å². The summed E-state index contributed by atoms with van der Waals surface area (Å²) in [5.41, 5.74) is 0. The van der Waals surface area contributed by atoms with Crippen molar-refractivity contribution in [3.63, 3.8) is 0 Å². The number of nitrogens with one attached hydrogen (secondary N) is 1. The van der Waals surface area contributed by atoms with Gasteiger partial charge in [0.2, 0.25) is 5.91 Å². The molecular weight excluding hydrogens is 246 g/mol. The van der Waals surface area contributed by atoms with Gasteiger partial charge < -0.3 is 15.2 Å². The summed E-state index contributed by atoms with van der Waals surface area (Å²) >= 11 is 0. The molecule has 0 radical (unpaired) electrons. The molecule has 0 aliphatic heterocycles. The zero-order valence-electron chi connectivity index (χ0n) is 11.3. The van der Waals surface area contributed by atoms with Crippen molar-refractivity contribution in [2.75, 3.05) is 20.3 Å². The van der Waals surface area contributed by atoms with Crippen LogP contribution < -0.4 is 5.32 Å². The van der Waals surface area contributed by atoms with E-state index in [4.69, 9.17) is 4.74 Å². The van der Waals surface area contributed by atoms with E-state index in [9.17, 15) is 14.7 Å². The molecular formula is C14H21NO4. The number of amides is 1. The Bertz CT molecular complexity index is 393. The van der Waals surface area contributed by atoms with Gasteiger partial charge in [-0.15, -0.1) is 0 Å². The van der Waals surface area contributed by atoms with Gasteiger partial charge in [0.25, 0.3) is 0 Å². The first-order valence-corrected chi connectivity index (χ1v) is 6.72. The fraction of sp³-hybridized carbons (Fsp3) is 0.714. The third-order valence-corrected chi connectivity index (χ3v) is 4.12. The highest BCUT2D eigenvalue weighted by atomic mass is 16.5. The maximum atomic E-state index is 12.2. The van der Waals surface area contributed by atoms with Crippen molar-refractivity contribution in [2.45, 2.75) is 13.3 Å². The van der Waals surface area contributed by atoms with Gasteiger partial charge in [0.1, 0.15) is 0 Å². The van der Waals surface area contributed by atoms with Gasteiger partial charge in [-0.05, 0) is 24.2 Å². The van der Waals surface area contributed by atoms with Crippen molar-refractivity contribution in [3.8, 4) is 0 Å². The number of carbonyl (C=O) groups is 2. The highest BCUT2D eigenvalue weighted by Gasteiger charge is 2.51. The number of rotatable bonds is 6. The number of hydrogen-bond acceptors (Lipinski definition) is 3. The second-order valence-electron chi connectivity index (χ2n) is 5.64. The number of carbonyl (C=O) groups excluding carboxylic acids is 1. The number of carboxylic acids is 1. The highest BCUT2D eigenvalue weighted by Crippen LogP contribution is 2.48. The first-order chi connectivity index (χ1) is 9.04. The van der Waals surface area contributed by atoms with Gasteiger partial charge in [0, 0.05) is 13.7 Å². The molecule has 0 aromatic heterocycles. The molecule has 0 saturated heterocycles. The van der Waals surface area contributed by atoms with Crippen LogP contribution >= 0.6 is 0 Å². The van der Waals surface area contributed by atoms with Crippen LogP contribution in [0.5, 0.6) is 0 Å². The van der Waals surface area contributed by atoms with Gasteiger partial charge in [-0.2, -0.15) is 0 Å². The highest BCUT2D eigenvalue weighted by molar-refractivity contribution is 5.86. The largest absolute Gasteiger partial charge is 0.481 e. The minimum absolute atomic E-state index is 0.0228. The van der Waals surface area contributed by atoms with E-state index in [0.29, 0.717) is 13.2 Å². The third kappa shape index (κ3) is 2.81. The monoisotopic (exact) mass is 267 g/mol. The molecule has 19 heavy (non-hydrogen) atoms. The summed E-state index contributed by atoms with van der Waals surface area (Å²) in [6.45, 7) is 3.09. The second kappa shape index (κ2) is 5.74. The van der Waals surface area contributed by atoms with Gasteiger partial charge in [-0.1, -0.05) is 19.1 Å². The summed E-state index contributed by atoms with van der Waals surface area (Å²) in [7, 11) is 1.62. The van der Waals surface area contributed by atoms with Gasteiger partial charge in [0.15, 0.2) is 0 Å². The smallest absolute Gasteiger partial charge is 0.307 e. The molecule has 2 aliphatic carbocycles. The number of ether oxygens (including phenoxy) is 1. The predicted octanol–water partition coefficient (Wildman–Crippen LogP) is 0.908. The normalized spacial score (nSPS) is 33.4. The van der Waals surface area contributed by atoms with E-state index in [2.05, 4.69) is 5.32 Å². The lowest BCUT2D eigenvalue weighted by atomic mass is 9.82. The summed E-state index contributed by atoms with van der Waals surface area (Å²) in [4.78, 5) is 23.5. The van der Waals surface area contributed by atoms with E-state index < -0.39 is 17.8 Å². The standard InChI is InChI=1S/C14H21NO4/c1-8(7-19-2)6-15-13(16)11-9-3-4-10(5-9)12(11)14(17)18/h3-4,8-12H,5-7H2,1-2H3,(H,15,16)(H,17,18). The molecule has 1 fully saturated rings. The van der Waals surface area contributed by atoms with Crippen LogP contribution in [0.1, 0.15) is 13.3 Å². The summed E-state index contributed by atoms with van der Waals surface area (Å²) in [5, 5.41) is 12.1. The Hall–Kier alpha value is -1.36. The molecule has 5 nitrogen and oxygen atoms in total. The van der Waals surface area contributed by atoms with Crippen LogP contribution in [0.25, 0.3) is 0 Å². The Morgan fingerprint density at radius 2 is 2.00 bits per heavy atom. The first kappa shape index (κ1) is 14.1. The van der Waals surface area contributed by atoms with Crippen LogP contribution in [0.4, 0.5) is 0 Å². The number of fused-ring (bicyclic) bond motifs is 2. The number of allylic oxidation sites excluding steroid dienone is 2. The van der Waals surface area contributed by atoms with Crippen molar-refractivity contribution in [2.24, 2.45) is 29.6 Å². The average Bonchev–Trinajstić information content (AvgIpc) is 2.96. The summed E-state index contributed by atoms with van der Waals surface area (Å²) in [5.74, 6) is -1.63. The van der Waals surface area contributed by atoms with E-state index in [1.165, 1.54) is 0 Å². The molecule has 5 heteroatoms. The molecule has 2 bridgehead atoms. The third-order valence-electron chi connectivity index (χ3n) is 4.12. The molecule has 2 rings (SSSR count). The SMILES string of the molecule is COCC(C)CNC(=O)C1C2C=CC(C2)C1C(=O)O. The Kier molecular flexibility index (Phi) is 4.24. The minimum Gasteiger partial charge on any atom is -0.481 e. The molecule has 2 aliphatic rings. The Morgan fingerprint density at radius 3 is 2.58 bits per heavy atom. The predicted molar refractivity (Wildman–Crippen MR) is 69.4 cm³/mol. The fourth-order valence-corrected chi connectivity index (χ4v) is 3.25. The lowest BCUT2D eigenvalue weighted by molar-refractivity contribution is -0.147. The van der Waals surface area contributed by atoms with Crippen LogP contribution in [0, 0.1) is 29.6 Å². The number of aliphatic carboxylic acids is 1. The number of hydrogen-bond donors (Lipinski definition) is 2. The minimum atomic E-state index is -0.859. The van der Waals surface area contributed by atoms with E-state index in [-0.39, 0.29) is 23.7 Å².